The first-order valence-corrected chi connectivity index (χ1v) is 9.07. The molecule has 3 aromatic rings. The Balaban J connectivity index is 1.63. The minimum atomic E-state index is -0.386. The molecule has 0 bridgehead atoms. The van der Waals surface area contributed by atoms with Gasteiger partial charge in [-0.25, -0.2) is 0 Å². The fourth-order valence-corrected chi connectivity index (χ4v) is 3.03. The summed E-state index contributed by atoms with van der Waals surface area (Å²) in [6.45, 7) is 1.80. The summed E-state index contributed by atoms with van der Waals surface area (Å²) >= 11 is 3.39. The van der Waals surface area contributed by atoms with E-state index in [1.165, 1.54) is 4.90 Å². The van der Waals surface area contributed by atoms with Crippen molar-refractivity contribution >= 4 is 33.4 Å². The van der Waals surface area contributed by atoms with E-state index in [1.807, 2.05) is 55.5 Å². The van der Waals surface area contributed by atoms with Gasteiger partial charge in [-0.1, -0.05) is 51.4 Å². The number of hydrogen-bond acceptors (Lipinski definition) is 4. The Morgan fingerprint density at radius 3 is 2.59 bits per heavy atom. The molecule has 7 heteroatoms. The molecule has 1 aromatic heterocycles. The van der Waals surface area contributed by atoms with Crippen LogP contribution >= 0.6 is 15.9 Å². The van der Waals surface area contributed by atoms with Crippen LogP contribution in [-0.4, -0.2) is 35.5 Å². The van der Waals surface area contributed by atoms with E-state index < -0.39 is 0 Å². The molecule has 0 aliphatic carbocycles. The van der Waals surface area contributed by atoms with E-state index >= 15 is 0 Å². The molecular weight excluding hydrogens is 410 g/mol. The van der Waals surface area contributed by atoms with Crippen molar-refractivity contribution in [3.05, 3.63) is 70.3 Å². The second-order valence-electron chi connectivity index (χ2n) is 6.11. The predicted octanol–water partition coefficient (Wildman–Crippen LogP) is 4.12. The van der Waals surface area contributed by atoms with Crippen molar-refractivity contribution in [2.75, 3.05) is 18.9 Å². The zero-order chi connectivity index (χ0) is 19.4. The van der Waals surface area contributed by atoms with Gasteiger partial charge < -0.3 is 14.7 Å². The van der Waals surface area contributed by atoms with Crippen LogP contribution in [0.15, 0.2) is 63.6 Å². The Hall–Kier alpha value is -2.93. The Morgan fingerprint density at radius 2 is 1.89 bits per heavy atom. The lowest BCUT2D eigenvalue weighted by molar-refractivity contribution is -0.116. The molecule has 0 spiro atoms. The standard InChI is InChI=1S/C20H18BrN3O3/c1-13-10-15(21)8-9-16(13)22-19(25)12-24(2)20(26)17-11-18(27-23-17)14-6-4-3-5-7-14/h3-11H,12H2,1-2H3,(H,22,25). The number of carbonyl (C=O) groups is 2. The van der Waals surface area contributed by atoms with Crippen LogP contribution in [0.1, 0.15) is 16.1 Å². The molecule has 0 radical (unpaired) electrons. The third kappa shape index (κ3) is 4.62. The lowest BCUT2D eigenvalue weighted by Crippen LogP contribution is -2.35. The summed E-state index contributed by atoms with van der Waals surface area (Å²) in [6.07, 6.45) is 0. The molecular formula is C20H18BrN3O3. The number of likely N-dealkylation sites (N-methyl/N-ethyl adjacent to an activating group) is 1. The topological polar surface area (TPSA) is 75.4 Å². The van der Waals surface area contributed by atoms with Gasteiger partial charge in [0.2, 0.25) is 5.91 Å². The normalized spacial score (nSPS) is 10.5. The highest BCUT2D eigenvalue weighted by Crippen LogP contribution is 2.21. The maximum Gasteiger partial charge on any atom is 0.276 e. The molecule has 3 rings (SSSR count). The lowest BCUT2D eigenvalue weighted by Gasteiger charge is -2.16. The van der Waals surface area contributed by atoms with Crippen molar-refractivity contribution in [2.45, 2.75) is 6.92 Å². The molecule has 138 valence electrons. The Morgan fingerprint density at radius 1 is 1.15 bits per heavy atom. The van der Waals surface area contributed by atoms with Gasteiger partial charge in [0.25, 0.3) is 5.91 Å². The summed E-state index contributed by atoms with van der Waals surface area (Å²) in [5, 5.41) is 6.63. The highest BCUT2D eigenvalue weighted by atomic mass is 79.9. The zero-order valence-electron chi connectivity index (χ0n) is 14.9. The van der Waals surface area contributed by atoms with Gasteiger partial charge in [-0.15, -0.1) is 0 Å². The predicted molar refractivity (Wildman–Crippen MR) is 106 cm³/mol. The van der Waals surface area contributed by atoms with Gasteiger partial charge in [0.05, 0.1) is 6.54 Å². The minimum Gasteiger partial charge on any atom is -0.355 e. The fraction of sp³-hybridized carbons (Fsp3) is 0.150. The van der Waals surface area contributed by atoms with Gasteiger partial charge in [0.15, 0.2) is 11.5 Å². The molecule has 0 aliphatic rings. The molecule has 0 aliphatic heterocycles. The molecule has 1 N–H and O–H groups in total. The molecule has 27 heavy (non-hydrogen) atoms. The van der Waals surface area contributed by atoms with Gasteiger partial charge in [-0.2, -0.15) is 0 Å². The van der Waals surface area contributed by atoms with Gasteiger partial charge >= 0.3 is 0 Å². The number of nitrogens with one attached hydrogen (secondary N) is 1. The summed E-state index contributed by atoms with van der Waals surface area (Å²) < 4.78 is 6.18. The van der Waals surface area contributed by atoms with Gasteiger partial charge in [-0.05, 0) is 30.7 Å². The molecule has 2 aromatic carbocycles. The molecule has 0 fully saturated rings. The second-order valence-corrected chi connectivity index (χ2v) is 7.03. The molecule has 0 atom stereocenters. The number of amides is 2. The van der Waals surface area contributed by atoms with Crippen LogP contribution in [0.2, 0.25) is 0 Å². The number of aryl methyl sites for hydroxylation is 1. The first-order chi connectivity index (χ1) is 12.9. The van der Waals surface area contributed by atoms with E-state index in [1.54, 1.807) is 13.1 Å². The number of aromatic nitrogens is 1. The van der Waals surface area contributed by atoms with Crippen LogP contribution in [0.5, 0.6) is 0 Å². The minimum absolute atomic E-state index is 0.0954. The molecule has 0 saturated carbocycles. The van der Waals surface area contributed by atoms with Crippen molar-refractivity contribution < 1.29 is 14.1 Å². The van der Waals surface area contributed by atoms with Crippen LogP contribution in [0.3, 0.4) is 0 Å². The van der Waals surface area contributed by atoms with Crippen LogP contribution in [0.25, 0.3) is 11.3 Å². The first kappa shape index (κ1) is 18.8. The average molecular weight is 428 g/mol. The molecule has 0 saturated heterocycles. The molecule has 0 unspecified atom stereocenters. The van der Waals surface area contributed by atoms with Crippen molar-refractivity contribution in [2.24, 2.45) is 0 Å². The van der Waals surface area contributed by atoms with Crippen LogP contribution in [0, 0.1) is 6.92 Å². The SMILES string of the molecule is Cc1cc(Br)ccc1NC(=O)CN(C)C(=O)c1cc(-c2ccccc2)on1. The molecule has 1 heterocycles. The van der Waals surface area contributed by atoms with Gasteiger partial charge in [0.1, 0.15) is 0 Å². The van der Waals surface area contributed by atoms with Crippen molar-refractivity contribution in [3.8, 4) is 11.3 Å². The number of hydrogen-bond donors (Lipinski definition) is 1. The zero-order valence-corrected chi connectivity index (χ0v) is 16.5. The van der Waals surface area contributed by atoms with Gasteiger partial charge in [0, 0.05) is 28.8 Å². The van der Waals surface area contributed by atoms with E-state index in [0.29, 0.717) is 11.4 Å². The van der Waals surface area contributed by atoms with Crippen molar-refractivity contribution in [1.29, 1.82) is 0 Å². The first-order valence-electron chi connectivity index (χ1n) is 8.27. The van der Waals surface area contributed by atoms with Crippen molar-refractivity contribution in [1.82, 2.24) is 10.1 Å². The van der Waals surface area contributed by atoms with E-state index in [-0.39, 0.29) is 24.1 Å². The van der Waals surface area contributed by atoms with E-state index in [9.17, 15) is 9.59 Å². The van der Waals surface area contributed by atoms with E-state index in [2.05, 4.69) is 26.4 Å². The number of halogens is 1. The Bertz CT molecular complexity index is 970. The van der Waals surface area contributed by atoms with E-state index in [4.69, 9.17) is 4.52 Å². The monoisotopic (exact) mass is 427 g/mol. The van der Waals surface area contributed by atoms with Gasteiger partial charge in [-0.3, -0.25) is 9.59 Å². The summed E-state index contributed by atoms with van der Waals surface area (Å²) in [6, 6.07) is 16.5. The number of anilines is 1. The van der Waals surface area contributed by atoms with Crippen molar-refractivity contribution in [3.63, 3.8) is 0 Å². The van der Waals surface area contributed by atoms with Crippen LogP contribution in [0.4, 0.5) is 5.69 Å². The highest BCUT2D eigenvalue weighted by molar-refractivity contribution is 9.10. The lowest BCUT2D eigenvalue weighted by atomic mass is 10.1. The summed E-state index contributed by atoms with van der Waals surface area (Å²) in [7, 11) is 1.55. The average Bonchev–Trinajstić information content (AvgIpc) is 3.14. The highest BCUT2D eigenvalue weighted by Gasteiger charge is 2.20. The maximum absolute atomic E-state index is 12.5. The second kappa shape index (κ2) is 8.18. The largest absolute Gasteiger partial charge is 0.355 e. The summed E-state index contributed by atoms with van der Waals surface area (Å²) in [4.78, 5) is 26.1. The van der Waals surface area contributed by atoms with Crippen LogP contribution < -0.4 is 5.32 Å². The Kier molecular flexibility index (Phi) is 5.71. The Labute approximate surface area is 165 Å². The van der Waals surface area contributed by atoms with E-state index in [0.717, 1.165) is 15.6 Å². The smallest absolute Gasteiger partial charge is 0.276 e. The number of benzene rings is 2. The third-order valence-electron chi connectivity index (χ3n) is 3.98. The summed E-state index contributed by atoms with van der Waals surface area (Å²) in [5.41, 5.74) is 2.62. The number of rotatable bonds is 5. The quantitative estimate of drug-likeness (QED) is 0.664. The number of carbonyl (C=O) groups excluding carboxylic acids is 2. The third-order valence-corrected chi connectivity index (χ3v) is 4.47. The number of nitrogens with zero attached hydrogens (tertiary/aromatic N) is 2. The summed E-state index contributed by atoms with van der Waals surface area (Å²) in [5.74, 6) is -0.172. The molecule has 6 nitrogen and oxygen atoms in total. The maximum atomic E-state index is 12.5. The fourth-order valence-electron chi connectivity index (χ4n) is 2.55. The van der Waals surface area contributed by atoms with Crippen LogP contribution in [-0.2, 0) is 4.79 Å². The molecule has 2 amide bonds.